The summed E-state index contributed by atoms with van der Waals surface area (Å²) in [6, 6.07) is 12.2. The van der Waals surface area contributed by atoms with E-state index < -0.39 is 11.7 Å². The number of hydrogen-bond donors (Lipinski definition) is 1. The Morgan fingerprint density at radius 1 is 1.10 bits per heavy atom. The molecule has 5 nitrogen and oxygen atoms in total. The van der Waals surface area contributed by atoms with Crippen molar-refractivity contribution in [1.82, 2.24) is 5.32 Å². The van der Waals surface area contributed by atoms with Gasteiger partial charge in [0.05, 0.1) is 11.3 Å². The van der Waals surface area contributed by atoms with E-state index in [1.54, 1.807) is 12.1 Å². The highest BCUT2D eigenvalue weighted by Crippen LogP contribution is 2.29. The van der Waals surface area contributed by atoms with Gasteiger partial charge in [-0.2, -0.15) is 13.2 Å². The summed E-state index contributed by atoms with van der Waals surface area (Å²) in [7, 11) is 0. The lowest BCUT2D eigenvalue weighted by molar-refractivity contribution is -0.137. The Kier molecular flexibility index (Phi) is 6.97. The quantitative estimate of drug-likeness (QED) is 0.473. The van der Waals surface area contributed by atoms with Crippen molar-refractivity contribution in [2.75, 3.05) is 6.61 Å². The molecule has 2 aromatic carbocycles. The average Bonchev–Trinajstić information content (AvgIpc) is 3.54. The molecule has 3 rings (SSSR count). The zero-order valence-electron chi connectivity index (χ0n) is 16.5. The SMILES string of the molecule is CCC(=NOCc1ccc(C(F)(F)F)cc1)c1ccc(OCC(=O)NC2CC2)cc1. The Bertz CT molecular complexity index is 874. The van der Waals surface area contributed by atoms with Gasteiger partial charge >= 0.3 is 6.18 Å². The molecule has 0 radical (unpaired) electrons. The third-order valence-corrected chi connectivity index (χ3v) is 4.52. The summed E-state index contributed by atoms with van der Waals surface area (Å²) in [5.74, 6) is 0.444. The summed E-state index contributed by atoms with van der Waals surface area (Å²) < 4.78 is 43.3. The number of benzene rings is 2. The summed E-state index contributed by atoms with van der Waals surface area (Å²) >= 11 is 0. The third kappa shape index (κ3) is 6.50. The number of hydrogen-bond acceptors (Lipinski definition) is 4. The molecule has 1 saturated carbocycles. The number of ether oxygens (including phenoxy) is 1. The van der Waals surface area contributed by atoms with Crippen molar-refractivity contribution < 1.29 is 27.5 Å². The average molecular weight is 420 g/mol. The van der Waals surface area contributed by atoms with E-state index in [1.807, 2.05) is 19.1 Å². The van der Waals surface area contributed by atoms with Gasteiger partial charge in [0.2, 0.25) is 0 Å². The molecule has 0 unspecified atom stereocenters. The standard InChI is InChI=1S/C22H23F3N2O3/c1-2-20(27-30-13-15-3-7-17(8-4-15)22(23,24)25)16-5-11-19(12-6-16)29-14-21(28)26-18-9-10-18/h3-8,11-12,18H,2,9-10,13-14H2,1H3,(H,26,28). The minimum atomic E-state index is -4.36. The van der Waals surface area contributed by atoms with Gasteiger partial charge in [-0.1, -0.05) is 24.2 Å². The highest BCUT2D eigenvalue weighted by atomic mass is 19.4. The van der Waals surface area contributed by atoms with Crippen LogP contribution in [0.15, 0.2) is 53.7 Å². The van der Waals surface area contributed by atoms with Crippen molar-refractivity contribution in [3.63, 3.8) is 0 Å². The van der Waals surface area contributed by atoms with Gasteiger partial charge in [0.15, 0.2) is 6.61 Å². The van der Waals surface area contributed by atoms with Crippen LogP contribution in [-0.2, 0) is 22.4 Å². The molecule has 160 valence electrons. The van der Waals surface area contributed by atoms with E-state index >= 15 is 0 Å². The number of alkyl halides is 3. The van der Waals surface area contributed by atoms with E-state index in [2.05, 4.69) is 10.5 Å². The second-order valence-electron chi connectivity index (χ2n) is 7.01. The summed E-state index contributed by atoms with van der Waals surface area (Å²) in [4.78, 5) is 17.0. The Labute approximate surface area is 172 Å². The van der Waals surface area contributed by atoms with E-state index in [-0.39, 0.29) is 19.1 Å². The Balaban J connectivity index is 1.51. The first-order valence-corrected chi connectivity index (χ1v) is 9.72. The Hall–Kier alpha value is -3.03. The predicted molar refractivity (Wildman–Crippen MR) is 106 cm³/mol. The monoisotopic (exact) mass is 420 g/mol. The first kappa shape index (κ1) is 21.7. The molecule has 1 amide bonds. The molecular formula is C22H23F3N2O3. The number of carbonyl (C=O) groups excluding carboxylic acids is 1. The van der Waals surface area contributed by atoms with Gasteiger partial charge in [0.25, 0.3) is 5.91 Å². The predicted octanol–water partition coefficient (Wildman–Crippen LogP) is 4.69. The normalized spacial score (nSPS) is 14.3. The number of amides is 1. The van der Waals surface area contributed by atoms with E-state index in [1.165, 1.54) is 12.1 Å². The van der Waals surface area contributed by atoms with Gasteiger partial charge in [-0.05, 0) is 66.8 Å². The Morgan fingerprint density at radius 2 is 1.77 bits per heavy atom. The molecule has 0 bridgehead atoms. The zero-order chi connectivity index (χ0) is 21.6. The molecular weight excluding hydrogens is 397 g/mol. The number of oxime groups is 1. The van der Waals surface area contributed by atoms with E-state index in [9.17, 15) is 18.0 Å². The van der Waals surface area contributed by atoms with Crippen LogP contribution >= 0.6 is 0 Å². The van der Waals surface area contributed by atoms with Crippen LogP contribution in [0, 0.1) is 0 Å². The molecule has 1 aliphatic carbocycles. The fourth-order valence-corrected chi connectivity index (χ4v) is 2.69. The van der Waals surface area contributed by atoms with Crippen LogP contribution < -0.4 is 10.1 Å². The summed E-state index contributed by atoms with van der Waals surface area (Å²) in [6.45, 7) is 1.96. The van der Waals surface area contributed by atoms with Crippen molar-refractivity contribution in [1.29, 1.82) is 0 Å². The smallest absolute Gasteiger partial charge is 0.416 e. The number of halogens is 3. The maximum Gasteiger partial charge on any atom is 0.416 e. The molecule has 0 saturated heterocycles. The zero-order valence-corrected chi connectivity index (χ0v) is 16.5. The van der Waals surface area contributed by atoms with Crippen molar-refractivity contribution in [2.45, 2.75) is 45.0 Å². The summed E-state index contributed by atoms with van der Waals surface area (Å²) in [5.41, 5.74) is 1.42. The molecule has 0 aromatic heterocycles. The van der Waals surface area contributed by atoms with E-state index in [4.69, 9.17) is 9.57 Å². The Morgan fingerprint density at radius 3 is 2.33 bits per heavy atom. The van der Waals surface area contributed by atoms with Crippen LogP contribution in [0.2, 0.25) is 0 Å². The van der Waals surface area contributed by atoms with E-state index in [0.29, 0.717) is 29.5 Å². The number of nitrogens with one attached hydrogen (secondary N) is 1. The molecule has 0 atom stereocenters. The van der Waals surface area contributed by atoms with Gasteiger partial charge in [-0.3, -0.25) is 4.79 Å². The second-order valence-corrected chi connectivity index (χ2v) is 7.01. The summed E-state index contributed by atoms with van der Waals surface area (Å²) in [5, 5.41) is 6.97. The van der Waals surface area contributed by atoms with Crippen LogP contribution in [-0.4, -0.2) is 24.3 Å². The number of carbonyl (C=O) groups is 1. The van der Waals surface area contributed by atoms with E-state index in [0.717, 1.165) is 30.5 Å². The van der Waals surface area contributed by atoms with Crippen molar-refractivity contribution in [2.24, 2.45) is 5.16 Å². The van der Waals surface area contributed by atoms with Crippen LogP contribution in [0.3, 0.4) is 0 Å². The second kappa shape index (κ2) is 9.65. The van der Waals surface area contributed by atoms with Crippen LogP contribution in [0.5, 0.6) is 5.75 Å². The first-order valence-electron chi connectivity index (χ1n) is 9.72. The first-order chi connectivity index (χ1) is 14.3. The number of nitrogens with zero attached hydrogens (tertiary/aromatic N) is 1. The van der Waals surface area contributed by atoms with Crippen molar-refractivity contribution in [3.05, 3.63) is 65.2 Å². The molecule has 8 heteroatoms. The van der Waals surface area contributed by atoms with Gasteiger partial charge in [0.1, 0.15) is 12.4 Å². The highest BCUT2D eigenvalue weighted by molar-refractivity contribution is 6.00. The molecule has 2 aromatic rings. The van der Waals surface area contributed by atoms with Crippen LogP contribution in [0.4, 0.5) is 13.2 Å². The van der Waals surface area contributed by atoms with Crippen molar-refractivity contribution in [3.8, 4) is 5.75 Å². The molecule has 0 spiro atoms. The third-order valence-electron chi connectivity index (χ3n) is 4.52. The van der Waals surface area contributed by atoms with Gasteiger partial charge in [-0.25, -0.2) is 0 Å². The largest absolute Gasteiger partial charge is 0.484 e. The molecule has 1 fully saturated rings. The number of rotatable bonds is 9. The lowest BCUT2D eigenvalue weighted by Crippen LogP contribution is -2.30. The fraction of sp³-hybridized carbons (Fsp3) is 0.364. The minimum Gasteiger partial charge on any atom is -0.484 e. The fourth-order valence-electron chi connectivity index (χ4n) is 2.69. The van der Waals surface area contributed by atoms with Crippen LogP contribution in [0.1, 0.15) is 42.9 Å². The lowest BCUT2D eigenvalue weighted by Gasteiger charge is -2.09. The molecule has 1 N–H and O–H groups in total. The maximum absolute atomic E-state index is 12.6. The summed E-state index contributed by atoms with van der Waals surface area (Å²) in [6.07, 6.45) is -1.69. The van der Waals surface area contributed by atoms with Gasteiger partial charge in [0, 0.05) is 6.04 Å². The molecule has 1 aliphatic rings. The molecule has 0 aliphatic heterocycles. The highest BCUT2D eigenvalue weighted by Gasteiger charge is 2.29. The van der Waals surface area contributed by atoms with Gasteiger partial charge < -0.3 is 14.9 Å². The minimum absolute atomic E-state index is 0.0270. The lowest BCUT2D eigenvalue weighted by atomic mass is 10.1. The maximum atomic E-state index is 12.6. The van der Waals surface area contributed by atoms with Crippen molar-refractivity contribution >= 4 is 11.6 Å². The van der Waals surface area contributed by atoms with Crippen LogP contribution in [0.25, 0.3) is 0 Å². The molecule has 30 heavy (non-hydrogen) atoms. The van der Waals surface area contributed by atoms with Gasteiger partial charge in [-0.15, -0.1) is 0 Å². The molecule has 0 heterocycles. The topological polar surface area (TPSA) is 59.9 Å².